The molecule has 0 radical (unpaired) electrons. The SMILES string of the molecule is Nc1cccc(OCCS(=O)(=O)CC2CCCO2)c1. The Morgan fingerprint density at radius 2 is 2.26 bits per heavy atom. The van der Waals surface area contributed by atoms with Crippen molar-refractivity contribution in [1.82, 2.24) is 0 Å². The minimum atomic E-state index is -3.13. The maximum absolute atomic E-state index is 11.9. The molecule has 0 amide bonds. The molecule has 1 aromatic rings. The van der Waals surface area contributed by atoms with Gasteiger partial charge in [-0.25, -0.2) is 8.42 Å². The van der Waals surface area contributed by atoms with Gasteiger partial charge in [0, 0.05) is 18.4 Å². The fourth-order valence-electron chi connectivity index (χ4n) is 2.03. The van der Waals surface area contributed by atoms with Crippen LogP contribution in [0.1, 0.15) is 12.8 Å². The average molecular weight is 285 g/mol. The maximum Gasteiger partial charge on any atom is 0.156 e. The summed E-state index contributed by atoms with van der Waals surface area (Å²) in [6, 6.07) is 6.95. The molecule has 2 N–H and O–H groups in total. The maximum atomic E-state index is 11.9. The van der Waals surface area contributed by atoms with E-state index in [1.165, 1.54) is 0 Å². The Kier molecular flexibility index (Phi) is 4.66. The van der Waals surface area contributed by atoms with Crippen LogP contribution >= 0.6 is 0 Å². The number of rotatable bonds is 6. The van der Waals surface area contributed by atoms with Gasteiger partial charge in [-0.15, -0.1) is 0 Å². The topological polar surface area (TPSA) is 78.6 Å². The van der Waals surface area contributed by atoms with Gasteiger partial charge in [0.1, 0.15) is 12.4 Å². The van der Waals surface area contributed by atoms with Crippen LogP contribution in [-0.2, 0) is 14.6 Å². The van der Waals surface area contributed by atoms with Crippen LogP contribution in [0.3, 0.4) is 0 Å². The molecule has 1 fully saturated rings. The molecule has 6 heteroatoms. The van der Waals surface area contributed by atoms with Gasteiger partial charge >= 0.3 is 0 Å². The lowest BCUT2D eigenvalue weighted by Crippen LogP contribution is -2.25. The number of nitrogen functional groups attached to an aromatic ring is 1. The molecule has 1 saturated heterocycles. The molecule has 1 aromatic carbocycles. The van der Waals surface area contributed by atoms with Crippen LogP contribution in [0, 0.1) is 0 Å². The molecule has 19 heavy (non-hydrogen) atoms. The van der Waals surface area contributed by atoms with Crippen molar-refractivity contribution in [3.8, 4) is 5.75 Å². The summed E-state index contributed by atoms with van der Waals surface area (Å²) in [5, 5.41) is 0. The quantitative estimate of drug-likeness (QED) is 0.796. The van der Waals surface area contributed by atoms with Crippen LogP contribution < -0.4 is 10.5 Å². The Morgan fingerprint density at radius 1 is 1.42 bits per heavy atom. The predicted molar refractivity (Wildman–Crippen MR) is 74.0 cm³/mol. The van der Waals surface area contributed by atoms with E-state index in [0.717, 1.165) is 12.8 Å². The summed E-state index contributed by atoms with van der Waals surface area (Å²) in [7, 11) is -3.13. The summed E-state index contributed by atoms with van der Waals surface area (Å²) >= 11 is 0. The molecule has 2 rings (SSSR count). The van der Waals surface area contributed by atoms with E-state index in [0.29, 0.717) is 18.0 Å². The number of benzene rings is 1. The van der Waals surface area contributed by atoms with Crippen molar-refractivity contribution in [3.05, 3.63) is 24.3 Å². The van der Waals surface area contributed by atoms with Crippen molar-refractivity contribution in [1.29, 1.82) is 0 Å². The van der Waals surface area contributed by atoms with Crippen LogP contribution in [0.2, 0.25) is 0 Å². The highest BCUT2D eigenvalue weighted by Crippen LogP contribution is 2.16. The Bertz CT molecular complexity index is 509. The highest BCUT2D eigenvalue weighted by atomic mass is 32.2. The van der Waals surface area contributed by atoms with Gasteiger partial charge in [-0.2, -0.15) is 0 Å². The average Bonchev–Trinajstić information content (AvgIpc) is 2.80. The number of hydrogen-bond donors (Lipinski definition) is 1. The van der Waals surface area contributed by atoms with Gasteiger partial charge in [0.05, 0.1) is 17.6 Å². The molecule has 0 bridgehead atoms. The largest absolute Gasteiger partial charge is 0.492 e. The third-order valence-electron chi connectivity index (χ3n) is 2.98. The van der Waals surface area contributed by atoms with E-state index in [9.17, 15) is 8.42 Å². The first-order chi connectivity index (χ1) is 9.05. The minimum Gasteiger partial charge on any atom is -0.492 e. The molecule has 1 aliphatic rings. The van der Waals surface area contributed by atoms with Crippen LogP contribution in [-0.4, -0.2) is 39.2 Å². The Labute approximate surface area is 113 Å². The fraction of sp³-hybridized carbons (Fsp3) is 0.538. The first-order valence-corrected chi connectivity index (χ1v) is 8.18. The monoisotopic (exact) mass is 285 g/mol. The number of hydrogen-bond acceptors (Lipinski definition) is 5. The predicted octanol–water partition coefficient (Wildman–Crippen LogP) is 1.24. The van der Waals surface area contributed by atoms with Crippen LogP contribution in [0.15, 0.2) is 24.3 Å². The van der Waals surface area contributed by atoms with Gasteiger partial charge in [-0.05, 0) is 25.0 Å². The van der Waals surface area contributed by atoms with E-state index in [1.54, 1.807) is 24.3 Å². The van der Waals surface area contributed by atoms with E-state index in [1.807, 2.05) is 0 Å². The van der Waals surface area contributed by atoms with Crippen molar-refractivity contribution in [2.45, 2.75) is 18.9 Å². The molecule has 1 aliphatic heterocycles. The van der Waals surface area contributed by atoms with Gasteiger partial charge < -0.3 is 15.2 Å². The normalized spacial score (nSPS) is 19.5. The molecule has 1 unspecified atom stereocenters. The molecular weight excluding hydrogens is 266 g/mol. The Hall–Kier alpha value is -1.27. The highest BCUT2D eigenvalue weighted by Gasteiger charge is 2.23. The smallest absolute Gasteiger partial charge is 0.156 e. The van der Waals surface area contributed by atoms with E-state index < -0.39 is 9.84 Å². The van der Waals surface area contributed by atoms with Crippen molar-refractivity contribution < 1.29 is 17.9 Å². The van der Waals surface area contributed by atoms with Crippen molar-refractivity contribution >= 4 is 15.5 Å². The van der Waals surface area contributed by atoms with Gasteiger partial charge in [0.25, 0.3) is 0 Å². The molecule has 1 atom stereocenters. The molecular formula is C13H19NO4S. The van der Waals surface area contributed by atoms with Gasteiger partial charge in [0.2, 0.25) is 0 Å². The third kappa shape index (κ3) is 4.72. The van der Waals surface area contributed by atoms with Gasteiger partial charge in [0.15, 0.2) is 9.84 Å². The second-order valence-electron chi connectivity index (χ2n) is 4.67. The summed E-state index contributed by atoms with van der Waals surface area (Å²) in [6.45, 7) is 0.804. The number of sulfone groups is 1. The summed E-state index contributed by atoms with van der Waals surface area (Å²) in [6.07, 6.45) is 1.63. The zero-order chi connectivity index (χ0) is 13.7. The first-order valence-electron chi connectivity index (χ1n) is 6.35. The standard InChI is InChI=1S/C13H19NO4S/c14-11-3-1-4-12(9-11)18-7-8-19(15,16)10-13-5-2-6-17-13/h1,3-4,9,13H,2,5-8,10,14H2. The number of ether oxygens (including phenoxy) is 2. The Morgan fingerprint density at radius 3 is 2.95 bits per heavy atom. The van der Waals surface area contributed by atoms with Gasteiger partial charge in [-0.1, -0.05) is 6.07 Å². The Balaban J connectivity index is 1.78. The molecule has 106 valence electrons. The summed E-state index contributed by atoms with van der Waals surface area (Å²) in [4.78, 5) is 0. The van der Waals surface area contributed by atoms with Crippen LogP contribution in [0.5, 0.6) is 5.75 Å². The van der Waals surface area contributed by atoms with E-state index in [2.05, 4.69) is 0 Å². The molecule has 0 spiro atoms. The van der Waals surface area contributed by atoms with E-state index in [4.69, 9.17) is 15.2 Å². The highest BCUT2D eigenvalue weighted by molar-refractivity contribution is 7.91. The van der Waals surface area contributed by atoms with E-state index in [-0.39, 0.29) is 24.2 Å². The number of nitrogens with two attached hydrogens (primary N) is 1. The molecule has 5 nitrogen and oxygen atoms in total. The summed E-state index contributed by atoms with van der Waals surface area (Å²) < 4.78 is 34.4. The fourth-order valence-corrected chi connectivity index (χ4v) is 3.37. The lowest BCUT2D eigenvalue weighted by molar-refractivity contribution is 0.127. The lowest BCUT2D eigenvalue weighted by Gasteiger charge is -2.11. The zero-order valence-electron chi connectivity index (χ0n) is 10.7. The second-order valence-corrected chi connectivity index (χ2v) is 6.90. The van der Waals surface area contributed by atoms with Gasteiger partial charge in [-0.3, -0.25) is 0 Å². The van der Waals surface area contributed by atoms with Crippen LogP contribution in [0.4, 0.5) is 5.69 Å². The number of anilines is 1. The first kappa shape index (κ1) is 14.1. The summed E-state index contributed by atoms with van der Waals surface area (Å²) in [5.41, 5.74) is 6.21. The second kappa shape index (κ2) is 6.25. The lowest BCUT2D eigenvalue weighted by atomic mass is 10.3. The summed E-state index contributed by atoms with van der Waals surface area (Å²) in [5.74, 6) is 0.682. The van der Waals surface area contributed by atoms with Crippen molar-refractivity contribution in [3.63, 3.8) is 0 Å². The van der Waals surface area contributed by atoms with Crippen molar-refractivity contribution in [2.24, 2.45) is 0 Å². The third-order valence-corrected chi connectivity index (χ3v) is 4.65. The van der Waals surface area contributed by atoms with Crippen molar-refractivity contribution in [2.75, 3.05) is 30.5 Å². The van der Waals surface area contributed by atoms with E-state index >= 15 is 0 Å². The molecule has 1 heterocycles. The zero-order valence-corrected chi connectivity index (χ0v) is 11.6. The minimum absolute atomic E-state index is 0.00165. The van der Waals surface area contributed by atoms with Crippen LogP contribution in [0.25, 0.3) is 0 Å². The molecule has 0 saturated carbocycles. The molecule has 0 aromatic heterocycles. The molecule has 0 aliphatic carbocycles.